The second kappa shape index (κ2) is 63.4. The van der Waals surface area contributed by atoms with Crippen molar-refractivity contribution in [3.63, 3.8) is 0 Å². The SMILES string of the molecule is CC/C=C\C/C=C\C/C=C\C/C=C\CCCCCCCCCCCCCCCCC(=O)OCC(COC(=O)CCCCCCC/C=C\CCCCC)OC(=O)CCCCCCCCC/C=C\CCCCCCCCC. The Morgan fingerprint density at radius 2 is 0.520 bits per heavy atom. The van der Waals surface area contributed by atoms with Crippen molar-refractivity contribution in [2.45, 2.75) is 335 Å². The molecule has 0 radical (unpaired) electrons. The van der Waals surface area contributed by atoms with Gasteiger partial charge in [0.25, 0.3) is 0 Å². The number of esters is 3. The van der Waals surface area contributed by atoms with Crippen LogP contribution in [0.15, 0.2) is 72.9 Å². The number of hydrogen-bond acceptors (Lipinski definition) is 6. The summed E-state index contributed by atoms with van der Waals surface area (Å²) < 4.78 is 16.9. The fraction of sp³-hybridized carbons (Fsp3) is 0.783. The molecule has 75 heavy (non-hydrogen) atoms. The Kier molecular flexibility index (Phi) is 60.7. The Labute approximate surface area is 465 Å². The van der Waals surface area contributed by atoms with Crippen LogP contribution in [0.5, 0.6) is 0 Å². The molecule has 0 aliphatic carbocycles. The van der Waals surface area contributed by atoms with Crippen LogP contribution < -0.4 is 0 Å². The van der Waals surface area contributed by atoms with Gasteiger partial charge in [-0.25, -0.2) is 0 Å². The molecule has 434 valence electrons. The summed E-state index contributed by atoms with van der Waals surface area (Å²) in [6.45, 7) is 6.53. The van der Waals surface area contributed by atoms with Crippen LogP contribution in [0.3, 0.4) is 0 Å². The highest BCUT2D eigenvalue weighted by molar-refractivity contribution is 5.71. The lowest BCUT2D eigenvalue weighted by Gasteiger charge is -2.18. The van der Waals surface area contributed by atoms with Crippen LogP contribution in [0.2, 0.25) is 0 Å². The zero-order chi connectivity index (χ0) is 54.3. The standard InChI is InChI=1S/C69H122O6/c1-4-7-10-13-16-19-22-25-27-29-31-32-33-34-35-36-37-38-39-41-42-44-47-50-53-56-59-62-68(71)74-65-66(64-73-67(70)61-58-55-52-49-46-24-21-18-15-12-9-6-3)75-69(72)63-60-57-54-51-48-45-43-40-30-28-26-23-20-17-14-11-8-5-2/h7,10,16,18-19,21,25,27-28,30-32,66H,4-6,8-9,11-15,17,20,22-24,26,29,33-65H2,1-3H3/b10-7-,19-16-,21-18-,27-25-,30-28-,32-31-. The van der Waals surface area contributed by atoms with Crippen molar-refractivity contribution >= 4 is 17.9 Å². The highest BCUT2D eigenvalue weighted by atomic mass is 16.6. The van der Waals surface area contributed by atoms with Crippen LogP contribution in [-0.2, 0) is 28.6 Å². The Bertz CT molecular complexity index is 1390. The molecule has 6 nitrogen and oxygen atoms in total. The largest absolute Gasteiger partial charge is 0.462 e. The van der Waals surface area contributed by atoms with Crippen molar-refractivity contribution < 1.29 is 28.6 Å². The van der Waals surface area contributed by atoms with E-state index in [1.54, 1.807) is 0 Å². The summed E-state index contributed by atoms with van der Waals surface area (Å²) in [5, 5.41) is 0. The van der Waals surface area contributed by atoms with Gasteiger partial charge in [-0.1, -0.05) is 273 Å². The zero-order valence-electron chi connectivity index (χ0n) is 49.8. The summed E-state index contributed by atoms with van der Waals surface area (Å²) in [6, 6.07) is 0. The Hall–Kier alpha value is -3.15. The third-order valence-electron chi connectivity index (χ3n) is 14.2. The molecule has 6 heteroatoms. The van der Waals surface area contributed by atoms with Crippen molar-refractivity contribution in [3.05, 3.63) is 72.9 Å². The highest BCUT2D eigenvalue weighted by Crippen LogP contribution is 2.17. The smallest absolute Gasteiger partial charge is 0.306 e. The van der Waals surface area contributed by atoms with Gasteiger partial charge < -0.3 is 14.2 Å². The molecule has 0 saturated carbocycles. The summed E-state index contributed by atoms with van der Waals surface area (Å²) in [6.07, 6.45) is 82.0. The predicted octanol–water partition coefficient (Wildman–Crippen LogP) is 22.1. The summed E-state index contributed by atoms with van der Waals surface area (Å²) >= 11 is 0. The van der Waals surface area contributed by atoms with E-state index >= 15 is 0 Å². The maximum atomic E-state index is 12.9. The van der Waals surface area contributed by atoms with Gasteiger partial charge in [-0.15, -0.1) is 0 Å². The second-order valence-corrected chi connectivity index (χ2v) is 21.6. The van der Waals surface area contributed by atoms with Crippen molar-refractivity contribution in [1.29, 1.82) is 0 Å². The third-order valence-corrected chi connectivity index (χ3v) is 14.2. The van der Waals surface area contributed by atoms with Gasteiger partial charge in [-0.3, -0.25) is 14.4 Å². The molecule has 0 aliphatic heterocycles. The quantitative estimate of drug-likeness (QED) is 0.0261. The van der Waals surface area contributed by atoms with Crippen molar-refractivity contribution in [2.24, 2.45) is 0 Å². The van der Waals surface area contributed by atoms with E-state index in [1.165, 1.54) is 199 Å². The molecule has 0 spiro atoms. The number of ether oxygens (including phenoxy) is 3. The van der Waals surface area contributed by atoms with E-state index in [4.69, 9.17) is 14.2 Å². The first kappa shape index (κ1) is 71.8. The summed E-state index contributed by atoms with van der Waals surface area (Å²) in [4.78, 5) is 38.3. The van der Waals surface area contributed by atoms with Crippen molar-refractivity contribution in [2.75, 3.05) is 13.2 Å². The molecule has 0 aromatic heterocycles. The van der Waals surface area contributed by atoms with E-state index < -0.39 is 6.10 Å². The number of rotatable bonds is 59. The molecule has 0 heterocycles. The molecule has 0 bridgehead atoms. The number of carbonyl (C=O) groups is 3. The van der Waals surface area contributed by atoms with Crippen LogP contribution in [0, 0.1) is 0 Å². The maximum absolute atomic E-state index is 12.9. The van der Waals surface area contributed by atoms with Crippen LogP contribution in [-0.4, -0.2) is 37.2 Å². The van der Waals surface area contributed by atoms with Crippen LogP contribution in [0.4, 0.5) is 0 Å². The lowest BCUT2D eigenvalue weighted by Crippen LogP contribution is -2.30. The van der Waals surface area contributed by atoms with Crippen molar-refractivity contribution in [1.82, 2.24) is 0 Å². The summed E-state index contributed by atoms with van der Waals surface area (Å²) in [5.41, 5.74) is 0. The normalized spacial score (nSPS) is 12.5. The number of allylic oxidation sites excluding steroid dienone is 12. The number of carbonyl (C=O) groups excluding carboxylic acids is 3. The summed E-state index contributed by atoms with van der Waals surface area (Å²) in [5.74, 6) is -0.877. The fourth-order valence-corrected chi connectivity index (χ4v) is 9.31. The molecule has 0 aromatic rings. The molecular formula is C69H122O6. The van der Waals surface area contributed by atoms with E-state index in [-0.39, 0.29) is 31.1 Å². The van der Waals surface area contributed by atoms with E-state index in [2.05, 4.69) is 93.7 Å². The van der Waals surface area contributed by atoms with Crippen LogP contribution in [0.1, 0.15) is 329 Å². The lowest BCUT2D eigenvalue weighted by molar-refractivity contribution is -0.167. The van der Waals surface area contributed by atoms with Crippen LogP contribution >= 0.6 is 0 Å². The molecule has 0 amide bonds. The van der Waals surface area contributed by atoms with Gasteiger partial charge in [0.15, 0.2) is 6.10 Å². The molecule has 1 atom stereocenters. The highest BCUT2D eigenvalue weighted by Gasteiger charge is 2.19. The third kappa shape index (κ3) is 61.6. The summed E-state index contributed by atoms with van der Waals surface area (Å²) in [7, 11) is 0. The van der Waals surface area contributed by atoms with Gasteiger partial charge in [0.05, 0.1) is 0 Å². The molecule has 0 fully saturated rings. The first-order valence-corrected chi connectivity index (χ1v) is 32.4. The Balaban J connectivity index is 4.24. The lowest BCUT2D eigenvalue weighted by atomic mass is 10.0. The van der Waals surface area contributed by atoms with Gasteiger partial charge in [0, 0.05) is 19.3 Å². The van der Waals surface area contributed by atoms with E-state index in [0.29, 0.717) is 19.3 Å². The Morgan fingerprint density at radius 3 is 0.853 bits per heavy atom. The minimum atomic E-state index is -0.780. The first-order chi connectivity index (χ1) is 37.0. The average Bonchev–Trinajstić information content (AvgIpc) is 3.41. The molecule has 0 aromatic carbocycles. The molecular weight excluding hydrogens is 925 g/mol. The van der Waals surface area contributed by atoms with E-state index in [0.717, 1.165) is 89.9 Å². The first-order valence-electron chi connectivity index (χ1n) is 32.4. The average molecular weight is 1050 g/mol. The molecule has 0 aliphatic rings. The molecule has 1 unspecified atom stereocenters. The van der Waals surface area contributed by atoms with Gasteiger partial charge >= 0.3 is 17.9 Å². The molecule has 0 saturated heterocycles. The number of hydrogen-bond donors (Lipinski definition) is 0. The second-order valence-electron chi connectivity index (χ2n) is 21.6. The van der Waals surface area contributed by atoms with Gasteiger partial charge in [0.2, 0.25) is 0 Å². The predicted molar refractivity (Wildman–Crippen MR) is 325 cm³/mol. The van der Waals surface area contributed by atoms with Gasteiger partial charge in [0.1, 0.15) is 13.2 Å². The van der Waals surface area contributed by atoms with Gasteiger partial charge in [-0.2, -0.15) is 0 Å². The monoisotopic (exact) mass is 1050 g/mol. The van der Waals surface area contributed by atoms with E-state index in [9.17, 15) is 14.4 Å². The minimum Gasteiger partial charge on any atom is -0.462 e. The fourth-order valence-electron chi connectivity index (χ4n) is 9.31. The Morgan fingerprint density at radius 1 is 0.280 bits per heavy atom. The van der Waals surface area contributed by atoms with Crippen LogP contribution in [0.25, 0.3) is 0 Å². The molecule has 0 N–H and O–H groups in total. The number of unbranched alkanes of at least 4 members (excludes halogenated alkanes) is 36. The zero-order valence-corrected chi connectivity index (χ0v) is 49.8. The van der Waals surface area contributed by atoms with Gasteiger partial charge in [-0.05, 0) is 109 Å². The molecule has 0 rings (SSSR count). The van der Waals surface area contributed by atoms with Crippen molar-refractivity contribution in [3.8, 4) is 0 Å². The maximum Gasteiger partial charge on any atom is 0.306 e. The topological polar surface area (TPSA) is 78.9 Å². The van der Waals surface area contributed by atoms with E-state index in [1.807, 2.05) is 0 Å². The minimum absolute atomic E-state index is 0.0775.